The van der Waals surface area contributed by atoms with Crippen molar-refractivity contribution in [2.45, 2.75) is 38.9 Å². The Hall–Kier alpha value is -0.580. The zero-order valence-corrected chi connectivity index (χ0v) is 9.98. The van der Waals surface area contributed by atoms with E-state index in [0.717, 1.165) is 0 Å². The fourth-order valence-electron chi connectivity index (χ4n) is 0.757. The topological polar surface area (TPSA) is 60.4 Å². The quantitative estimate of drug-likeness (QED) is 0.669. The zero-order valence-electron chi connectivity index (χ0n) is 9.16. The van der Waals surface area contributed by atoms with E-state index < -0.39 is 20.6 Å². The number of carbonyl (C=O) groups excluding carboxylic acids is 1. The van der Waals surface area contributed by atoms with E-state index in [1.165, 1.54) is 0 Å². The minimum Gasteiger partial charge on any atom is -0.466 e. The standard InChI is InChI=1S/C9H18O4S/c1-5-13-8(10)6-7-14(11,12)9(2,3)4/h5-7H2,1-4H3. The monoisotopic (exact) mass is 222 g/mol. The van der Waals surface area contributed by atoms with Crippen molar-refractivity contribution < 1.29 is 17.9 Å². The average molecular weight is 222 g/mol. The summed E-state index contributed by atoms with van der Waals surface area (Å²) in [6, 6.07) is 0. The highest BCUT2D eigenvalue weighted by Gasteiger charge is 2.29. The van der Waals surface area contributed by atoms with Gasteiger partial charge in [-0.1, -0.05) is 0 Å². The maximum Gasteiger partial charge on any atom is 0.306 e. The summed E-state index contributed by atoms with van der Waals surface area (Å²) in [6.07, 6.45) is -0.0621. The molecule has 0 saturated carbocycles. The summed E-state index contributed by atoms with van der Waals surface area (Å²) < 4.78 is 26.9. The summed E-state index contributed by atoms with van der Waals surface area (Å²) in [4.78, 5) is 10.9. The van der Waals surface area contributed by atoms with E-state index >= 15 is 0 Å². The summed E-state index contributed by atoms with van der Waals surface area (Å²) in [5.41, 5.74) is 0. The van der Waals surface area contributed by atoms with E-state index in [4.69, 9.17) is 0 Å². The summed E-state index contributed by atoms with van der Waals surface area (Å²) >= 11 is 0. The molecule has 0 bridgehead atoms. The molecule has 0 atom stereocenters. The number of carbonyl (C=O) groups is 1. The van der Waals surface area contributed by atoms with Gasteiger partial charge in [-0.2, -0.15) is 0 Å². The maximum atomic E-state index is 11.6. The first-order chi connectivity index (χ1) is 6.20. The Morgan fingerprint density at radius 2 is 1.79 bits per heavy atom. The van der Waals surface area contributed by atoms with Crippen molar-refractivity contribution in [3.63, 3.8) is 0 Å². The van der Waals surface area contributed by atoms with Crippen molar-refractivity contribution in [1.82, 2.24) is 0 Å². The molecule has 14 heavy (non-hydrogen) atoms. The molecule has 4 nitrogen and oxygen atoms in total. The molecule has 0 aromatic carbocycles. The predicted molar refractivity (Wildman–Crippen MR) is 54.8 cm³/mol. The normalized spacial score (nSPS) is 12.6. The van der Waals surface area contributed by atoms with Crippen LogP contribution in [0.3, 0.4) is 0 Å². The van der Waals surface area contributed by atoms with Gasteiger partial charge in [0.1, 0.15) is 0 Å². The molecule has 0 aromatic heterocycles. The fourth-order valence-corrected chi connectivity index (χ4v) is 1.80. The Balaban J connectivity index is 4.22. The molecule has 0 fully saturated rings. The van der Waals surface area contributed by atoms with Crippen molar-refractivity contribution in [3.8, 4) is 0 Å². The lowest BCUT2D eigenvalue weighted by molar-refractivity contribution is -0.142. The molecule has 0 aliphatic carbocycles. The SMILES string of the molecule is CCOC(=O)CCS(=O)(=O)C(C)(C)C. The molecular formula is C9H18O4S. The molecular weight excluding hydrogens is 204 g/mol. The zero-order chi connectivity index (χ0) is 11.4. The van der Waals surface area contributed by atoms with Gasteiger partial charge >= 0.3 is 5.97 Å². The molecule has 0 aromatic rings. The van der Waals surface area contributed by atoms with Crippen LogP contribution in [-0.2, 0) is 19.4 Å². The van der Waals surface area contributed by atoms with Crippen LogP contribution in [0.5, 0.6) is 0 Å². The molecule has 0 radical (unpaired) electrons. The third-order valence-electron chi connectivity index (χ3n) is 1.81. The summed E-state index contributed by atoms with van der Waals surface area (Å²) in [5.74, 6) is -0.602. The fraction of sp³-hybridized carbons (Fsp3) is 0.889. The molecule has 0 aliphatic heterocycles. The van der Waals surface area contributed by atoms with Crippen LogP contribution < -0.4 is 0 Å². The molecule has 0 amide bonds. The van der Waals surface area contributed by atoms with Crippen LogP contribution in [-0.4, -0.2) is 31.5 Å². The minimum absolute atomic E-state index is 0.0621. The Bertz CT molecular complexity index is 284. The lowest BCUT2D eigenvalue weighted by Gasteiger charge is -2.18. The minimum atomic E-state index is -3.21. The van der Waals surface area contributed by atoms with Crippen LogP contribution in [0.25, 0.3) is 0 Å². The Morgan fingerprint density at radius 1 is 1.29 bits per heavy atom. The first kappa shape index (κ1) is 13.4. The van der Waals surface area contributed by atoms with Crippen LogP contribution in [0, 0.1) is 0 Å². The highest BCUT2D eigenvalue weighted by atomic mass is 32.2. The largest absolute Gasteiger partial charge is 0.466 e. The Labute approximate surface area is 85.6 Å². The average Bonchev–Trinajstić information content (AvgIpc) is 1.99. The highest BCUT2D eigenvalue weighted by Crippen LogP contribution is 2.16. The third kappa shape index (κ3) is 4.09. The van der Waals surface area contributed by atoms with E-state index in [0.29, 0.717) is 0 Å². The second kappa shape index (κ2) is 4.77. The molecule has 0 N–H and O–H groups in total. The van der Waals surface area contributed by atoms with E-state index in [2.05, 4.69) is 4.74 Å². The lowest BCUT2D eigenvalue weighted by Crippen LogP contribution is -2.31. The second-order valence-electron chi connectivity index (χ2n) is 3.99. The van der Waals surface area contributed by atoms with Gasteiger partial charge in [-0.25, -0.2) is 8.42 Å². The maximum absolute atomic E-state index is 11.6. The molecule has 5 heteroatoms. The third-order valence-corrected chi connectivity index (χ3v) is 4.42. The van der Waals surface area contributed by atoms with Crippen molar-refractivity contribution in [2.24, 2.45) is 0 Å². The molecule has 0 rings (SSSR count). The van der Waals surface area contributed by atoms with Crippen molar-refractivity contribution in [3.05, 3.63) is 0 Å². The van der Waals surface area contributed by atoms with Crippen LogP contribution in [0.1, 0.15) is 34.1 Å². The molecule has 0 spiro atoms. The molecule has 0 saturated heterocycles. The van der Waals surface area contributed by atoms with Crippen LogP contribution in [0.15, 0.2) is 0 Å². The van der Waals surface area contributed by atoms with Gasteiger partial charge in [0.05, 0.1) is 23.5 Å². The Morgan fingerprint density at radius 3 is 2.14 bits per heavy atom. The van der Waals surface area contributed by atoms with Gasteiger partial charge in [0.15, 0.2) is 9.84 Å². The van der Waals surface area contributed by atoms with Gasteiger partial charge in [0.25, 0.3) is 0 Å². The van der Waals surface area contributed by atoms with Crippen LogP contribution >= 0.6 is 0 Å². The predicted octanol–water partition coefficient (Wildman–Crippen LogP) is 1.15. The number of sulfone groups is 1. The van der Waals surface area contributed by atoms with Gasteiger partial charge in [0.2, 0.25) is 0 Å². The summed E-state index contributed by atoms with van der Waals surface area (Å²) in [7, 11) is -3.21. The van der Waals surface area contributed by atoms with E-state index in [1.54, 1.807) is 27.7 Å². The van der Waals surface area contributed by atoms with Gasteiger partial charge in [-0.15, -0.1) is 0 Å². The number of hydrogen-bond acceptors (Lipinski definition) is 4. The number of hydrogen-bond donors (Lipinski definition) is 0. The number of esters is 1. The first-order valence-electron chi connectivity index (χ1n) is 4.58. The highest BCUT2D eigenvalue weighted by molar-refractivity contribution is 7.92. The van der Waals surface area contributed by atoms with Crippen molar-refractivity contribution in [2.75, 3.05) is 12.4 Å². The molecule has 0 aliphatic rings. The van der Waals surface area contributed by atoms with Crippen LogP contribution in [0.4, 0.5) is 0 Å². The Kier molecular flexibility index (Phi) is 4.58. The van der Waals surface area contributed by atoms with E-state index in [1.807, 2.05) is 0 Å². The molecule has 84 valence electrons. The van der Waals surface area contributed by atoms with Crippen molar-refractivity contribution in [1.29, 1.82) is 0 Å². The van der Waals surface area contributed by atoms with E-state index in [-0.39, 0.29) is 18.8 Å². The lowest BCUT2D eigenvalue weighted by atomic mass is 10.3. The molecule has 0 unspecified atom stereocenters. The molecule has 0 heterocycles. The van der Waals surface area contributed by atoms with Gasteiger partial charge in [0, 0.05) is 0 Å². The number of rotatable bonds is 4. The van der Waals surface area contributed by atoms with Crippen molar-refractivity contribution >= 4 is 15.8 Å². The summed E-state index contributed by atoms with van der Waals surface area (Å²) in [6.45, 7) is 6.83. The first-order valence-corrected chi connectivity index (χ1v) is 6.24. The summed E-state index contributed by atoms with van der Waals surface area (Å²) in [5, 5.41) is 0. The van der Waals surface area contributed by atoms with Gasteiger partial charge in [-0.3, -0.25) is 4.79 Å². The smallest absolute Gasteiger partial charge is 0.306 e. The van der Waals surface area contributed by atoms with Gasteiger partial charge < -0.3 is 4.74 Å². The van der Waals surface area contributed by atoms with E-state index in [9.17, 15) is 13.2 Å². The number of ether oxygens (including phenoxy) is 1. The van der Waals surface area contributed by atoms with Crippen LogP contribution in [0.2, 0.25) is 0 Å². The second-order valence-corrected chi connectivity index (χ2v) is 6.85. The van der Waals surface area contributed by atoms with Gasteiger partial charge in [-0.05, 0) is 27.7 Å².